The molecule has 3 aromatic carbocycles. The Hall–Kier alpha value is -3.59. The first-order valence-electron chi connectivity index (χ1n) is 9.29. The molecule has 0 bridgehead atoms. The molecule has 0 radical (unpaired) electrons. The summed E-state index contributed by atoms with van der Waals surface area (Å²) in [6.07, 6.45) is 0. The fourth-order valence-electron chi connectivity index (χ4n) is 2.95. The maximum absolute atomic E-state index is 14.0. The van der Waals surface area contributed by atoms with Crippen LogP contribution in [0.3, 0.4) is 0 Å². The van der Waals surface area contributed by atoms with E-state index in [4.69, 9.17) is 9.47 Å². The van der Waals surface area contributed by atoms with Crippen molar-refractivity contribution in [2.24, 2.45) is 0 Å². The first-order valence-corrected chi connectivity index (χ1v) is 10.1. The van der Waals surface area contributed by atoms with Gasteiger partial charge in [-0.05, 0) is 36.4 Å². The monoisotopic (exact) mass is 484 g/mol. The molecule has 1 heterocycles. The van der Waals surface area contributed by atoms with Gasteiger partial charge in [-0.2, -0.15) is 5.10 Å². The van der Waals surface area contributed by atoms with E-state index in [0.717, 1.165) is 0 Å². The summed E-state index contributed by atoms with van der Waals surface area (Å²) in [5.74, 6) is 1.22. The van der Waals surface area contributed by atoms with Crippen LogP contribution in [0.4, 0.5) is 20.7 Å². The van der Waals surface area contributed by atoms with Gasteiger partial charge in [0.25, 0.3) is 0 Å². The summed E-state index contributed by atoms with van der Waals surface area (Å²) < 4.78 is 25.5. The van der Waals surface area contributed by atoms with Gasteiger partial charge in [0.1, 0.15) is 23.9 Å². The van der Waals surface area contributed by atoms with E-state index in [1.54, 1.807) is 61.7 Å². The smallest absolute Gasteiger partial charge is 0.324 e. The van der Waals surface area contributed by atoms with Crippen LogP contribution in [0.2, 0.25) is 0 Å². The van der Waals surface area contributed by atoms with E-state index < -0.39 is 6.03 Å². The van der Waals surface area contributed by atoms with Gasteiger partial charge in [0, 0.05) is 33.2 Å². The van der Waals surface area contributed by atoms with Gasteiger partial charge >= 0.3 is 6.03 Å². The van der Waals surface area contributed by atoms with Crippen LogP contribution in [-0.2, 0) is 6.61 Å². The summed E-state index contributed by atoms with van der Waals surface area (Å²) in [4.78, 5) is 12.3. The Labute approximate surface area is 185 Å². The Morgan fingerprint density at radius 1 is 1.10 bits per heavy atom. The molecule has 3 N–H and O–H groups in total. The number of aromatic nitrogens is 2. The number of benzene rings is 3. The Bertz CT molecular complexity index is 1240. The van der Waals surface area contributed by atoms with Crippen LogP contribution in [0, 0.1) is 5.82 Å². The average molecular weight is 485 g/mol. The first kappa shape index (κ1) is 20.7. The van der Waals surface area contributed by atoms with E-state index >= 15 is 0 Å². The molecule has 9 heteroatoms. The Morgan fingerprint density at radius 2 is 1.97 bits per heavy atom. The van der Waals surface area contributed by atoms with Crippen LogP contribution in [0.1, 0.15) is 5.56 Å². The zero-order valence-corrected chi connectivity index (χ0v) is 18.0. The second-order valence-electron chi connectivity index (χ2n) is 6.62. The van der Waals surface area contributed by atoms with E-state index in [0.29, 0.717) is 43.9 Å². The van der Waals surface area contributed by atoms with Crippen molar-refractivity contribution in [3.8, 4) is 11.5 Å². The zero-order chi connectivity index (χ0) is 21.8. The van der Waals surface area contributed by atoms with E-state index in [2.05, 4.69) is 36.8 Å². The maximum atomic E-state index is 14.0. The molecule has 31 heavy (non-hydrogen) atoms. The predicted molar refractivity (Wildman–Crippen MR) is 120 cm³/mol. The van der Waals surface area contributed by atoms with Crippen molar-refractivity contribution in [3.63, 3.8) is 0 Å². The van der Waals surface area contributed by atoms with E-state index in [9.17, 15) is 9.18 Å². The molecule has 4 aromatic rings. The third kappa shape index (κ3) is 4.95. The SMILES string of the molecule is COc1cccc(NC(=O)Nc2n[nH]c3cc(OCc4ccc(Br)cc4F)ccc23)c1. The summed E-state index contributed by atoms with van der Waals surface area (Å²) in [7, 11) is 1.56. The van der Waals surface area contributed by atoms with Gasteiger partial charge in [0.05, 0.1) is 12.6 Å². The largest absolute Gasteiger partial charge is 0.497 e. The minimum atomic E-state index is -0.437. The fraction of sp³-hybridized carbons (Fsp3) is 0.0909. The summed E-state index contributed by atoms with van der Waals surface area (Å²) in [5.41, 5.74) is 1.71. The molecule has 4 rings (SSSR count). The third-order valence-electron chi connectivity index (χ3n) is 4.50. The molecule has 0 saturated carbocycles. The Kier molecular flexibility index (Phi) is 6.03. The fourth-order valence-corrected chi connectivity index (χ4v) is 3.29. The highest BCUT2D eigenvalue weighted by Crippen LogP contribution is 2.26. The number of hydrogen-bond donors (Lipinski definition) is 3. The van der Waals surface area contributed by atoms with Crippen molar-refractivity contribution in [1.29, 1.82) is 0 Å². The van der Waals surface area contributed by atoms with Crippen LogP contribution in [0.25, 0.3) is 10.9 Å². The van der Waals surface area contributed by atoms with Gasteiger partial charge in [-0.25, -0.2) is 9.18 Å². The van der Waals surface area contributed by atoms with Crippen LogP contribution in [0.15, 0.2) is 65.1 Å². The summed E-state index contributed by atoms with van der Waals surface area (Å²) in [5, 5.41) is 13.2. The van der Waals surface area contributed by atoms with Crippen LogP contribution in [0.5, 0.6) is 11.5 Å². The molecule has 2 amide bonds. The number of H-pyrrole nitrogens is 1. The molecule has 7 nitrogen and oxygen atoms in total. The Balaban J connectivity index is 1.42. The number of urea groups is 1. The molecular weight excluding hydrogens is 467 g/mol. The van der Waals surface area contributed by atoms with Crippen molar-refractivity contribution in [1.82, 2.24) is 10.2 Å². The van der Waals surface area contributed by atoms with Gasteiger partial charge in [0.15, 0.2) is 5.82 Å². The van der Waals surface area contributed by atoms with Crippen molar-refractivity contribution in [2.45, 2.75) is 6.61 Å². The molecule has 0 spiro atoms. The minimum Gasteiger partial charge on any atom is -0.497 e. The molecular formula is C22H18BrFN4O3. The number of ether oxygens (including phenoxy) is 2. The van der Waals surface area contributed by atoms with Gasteiger partial charge in [-0.15, -0.1) is 0 Å². The summed E-state index contributed by atoms with van der Waals surface area (Å²) in [6.45, 7) is 0.0901. The summed E-state index contributed by atoms with van der Waals surface area (Å²) in [6, 6.07) is 16.7. The highest BCUT2D eigenvalue weighted by Gasteiger charge is 2.11. The van der Waals surface area contributed by atoms with Crippen molar-refractivity contribution in [3.05, 3.63) is 76.5 Å². The highest BCUT2D eigenvalue weighted by atomic mass is 79.9. The molecule has 0 saturated heterocycles. The molecule has 0 aliphatic carbocycles. The van der Waals surface area contributed by atoms with E-state index in [1.165, 1.54) is 6.07 Å². The van der Waals surface area contributed by atoms with Gasteiger partial charge in [-0.1, -0.05) is 28.1 Å². The maximum Gasteiger partial charge on any atom is 0.324 e. The number of carbonyl (C=O) groups is 1. The molecule has 0 aliphatic heterocycles. The molecule has 1 aromatic heterocycles. The van der Waals surface area contributed by atoms with Gasteiger partial charge in [-0.3, -0.25) is 10.4 Å². The topological polar surface area (TPSA) is 88.3 Å². The third-order valence-corrected chi connectivity index (χ3v) is 5.00. The lowest BCUT2D eigenvalue weighted by Gasteiger charge is -2.08. The molecule has 0 atom stereocenters. The number of hydrogen-bond acceptors (Lipinski definition) is 4. The van der Waals surface area contributed by atoms with Crippen LogP contribution in [-0.4, -0.2) is 23.3 Å². The number of fused-ring (bicyclic) bond motifs is 1. The van der Waals surface area contributed by atoms with Gasteiger partial charge < -0.3 is 14.8 Å². The molecule has 0 fully saturated rings. The van der Waals surface area contributed by atoms with Crippen molar-refractivity contribution < 1.29 is 18.7 Å². The highest BCUT2D eigenvalue weighted by molar-refractivity contribution is 9.10. The quantitative estimate of drug-likeness (QED) is 0.327. The lowest BCUT2D eigenvalue weighted by Crippen LogP contribution is -2.19. The lowest BCUT2D eigenvalue weighted by atomic mass is 10.2. The van der Waals surface area contributed by atoms with Crippen LogP contribution >= 0.6 is 15.9 Å². The number of rotatable bonds is 6. The number of halogens is 2. The van der Waals surface area contributed by atoms with E-state index in [-0.39, 0.29) is 12.4 Å². The normalized spacial score (nSPS) is 10.7. The second-order valence-corrected chi connectivity index (χ2v) is 7.53. The number of nitrogens with one attached hydrogen (secondary N) is 3. The average Bonchev–Trinajstić information content (AvgIpc) is 3.15. The lowest BCUT2D eigenvalue weighted by molar-refractivity contribution is 0.262. The van der Waals surface area contributed by atoms with Crippen molar-refractivity contribution >= 4 is 44.4 Å². The van der Waals surface area contributed by atoms with Gasteiger partial charge in [0.2, 0.25) is 0 Å². The number of nitrogens with zero attached hydrogens (tertiary/aromatic N) is 1. The number of carbonyl (C=O) groups excluding carboxylic acids is 1. The zero-order valence-electron chi connectivity index (χ0n) is 16.4. The summed E-state index contributed by atoms with van der Waals surface area (Å²) >= 11 is 3.23. The number of amides is 2. The number of anilines is 2. The van der Waals surface area contributed by atoms with E-state index in [1.807, 2.05) is 0 Å². The number of aromatic amines is 1. The predicted octanol–water partition coefficient (Wildman–Crippen LogP) is 5.70. The van der Waals surface area contributed by atoms with Crippen LogP contribution < -0.4 is 20.1 Å². The van der Waals surface area contributed by atoms with Crippen molar-refractivity contribution in [2.75, 3.05) is 17.7 Å². The number of methoxy groups -OCH3 is 1. The molecule has 0 aliphatic rings. The minimum absolute atomic E-state index is 0.0901. The first-order chi connectivity index (χ1) is 15.0. The second kappa shape index (κ2) is 9.05. The molecule has 0 unspecified atom stereocenters. The Morgan fingerprint density at radius 3 is 2.77 bits per heavy atom. The standard InChI is InChI=1S/C22H18BrFN4O3/c1-30-16-4-2-3-15(10-16)25-22(29)26-21-18-8-7-17(11-20(18)27-28-21)31-12-13-5-6-14(23)9-19(13)24/h2-11H,12H2,1H3,(H3,25,26,27,28,29). The molecule has 158 valence electrons.